The smallest absolute Gasteiger partial charge is 0.353 e. The fraction of sp³-hybridized carbons (Fsp3) is 0.222. The molecular weight excluding hydrogens is 463 g/mol. The Morgan fingerprint density at radius 2 is 1.72 bits per heavy atom. The predicted molar refractivity (Wildman–Crippen MR) is 98.3 cm³/mol. The summed E-state index contributed by atoms with van der Waals surface area (Å²) in [6.45, 7) is 0. The van der Waals surface area contributed by atoms with E-state index in [1.54, 1.807) is 17.8 Å². The number of thioether (sulfide) groups is 1. The first-order chi connectivity index (χ1) is 15.1. The molecule has 8 nitrogen and oxygen atoms in total. The first-order valence-electron chi connectivity index (χ1n) is 8.77. The number of imidazole rings is 1. The van der Waals surface area contributed by atoms with Gasteiger partial charge in [0.2, 0.25) is 5.82 Å². The van der Waals surface area contributed by atoms with E-state index in [1.165, 1.54) is 6.20 Å². The fourth-order valence-electron chi connectivity index (χ4n) is 3.46. The summed E-state index contributed by atoms with van der Waals surface area (Å²) in [7, 11) is 1.62. The van der Waals surface area contributed by atoms with E-state index in [9.17, 15) is 41.4 Å². The first kappa shape index (κ1) is 21.8. The van der Waals surface area contributed by atoms with Crippen LogP contribution in [0.2, 0.25) is 0 Å². The molecule has 0 saturated carbocycles. The van der Waals surface area contributed by atoms with Gasteiger partial charge in [0.25, 0.3) is 11.8 Å². The van der Waals surface area contributed by atoms with Crippen molar-refractivity contribution in [3.05, 3.63) is 58.6 Å². The number of hydrogen-bond acceptors (Lipinski definition) is 5. The molecule has 0 radical (unpaired) electrons. The molecule has 32 heavy (non-hydrogen) atoms. The van der Waals surface area contributed by atoms with E-state index in [4.69, 9.17) is 0 Å². The first-order valence-corrected chi connectivity index (χ1v) is 9.82. The van der Waals surface area contributed by atoms with Gasteiger partial charge in [0.05, 0.1) is 0 Å². The maximum absolute atomic E-state index is 13.9. The normalized spacial score (nSPS) is 20.2. The van der Waals surface area contributed by atoms with Crippen LogP contribution in [0.5, 0.6) is 0 Å². The molecule has 1 aromatic heterocycles. The lowest BCUT2D eigenvalue weighted by atomic mass is 10.0. The number of benzene rings is 1. The zero-order valence-electron chi connectivity index (χ0n) is 15.8. The Kier molecular flexibility index (Phi) is 5.19. The van der Waals surface area contributed by atoms with E-state index in [1.807, 2.05) is 5.32 Å². The van der Waals surface area contributed by atoms with E-state index in [0.29, 0.717) is 5.82 Å². The maximum atomic E-state index is 13.9. The van der Waals surface area contributed by atoms with Crippen molar-refractivity contribution < 1.29 is 41.4 Å². The van der Waals surface area contributed by atoms with Crippen LogP contribution in [-0.4, -0.2) is 54.5 Å². The van der Waals surface area contributed by atoms with E-state index in [0.717, 1.165) is 16.7 Å². The standard InChI is InChI=1S/C18H11F5N4O4S/c1-26-3-2-24-14(26)5-4-32-17-12(16(29)27(17)13(5)18(30)31)25-15(28)6-7(19)9(21)11(23)10(22)8(6)20/h2-3,12,17H,4H2,1H3,(H,25,28)(H,30,31)/t12-,17-/m1/s1. The highest BCUT2D eigenvalue weighted by atomic mass is 32.2. The van der Waals surface area contributed by atoms with Crippen molar-refractivity contribution in [1.82, 2.24) is 19.8 Å². The molecule has 0 spiro atoms. The number of nitrogens with one attached hydrogen (secondary N) is 1. The molecular formula is C18H11F5N4O4S. The number of rotatable bonds is 4. The van der Waals surface area contributed by atoms with Gasteiger partial charge in [-0.25, -0.2) is 31.7 Å². The summed E-state index contributed by atoms with van der Waals surface area (Å²) in [5.74, 6) is -15.4. The molecule has 2 N–H and O–H groups in total. The molecule has 2 aromatic rings. The Bertz CT molecular complexity index is 1200. The number of β-lactam (4-membered cyclic amide) rings is 1. The molecule has 2 atom stereocenters. The van der Waals surface area contributed by atoms with Crippen molar-refractivity contribution in [2.24, 2.45) is 7.05 Å². The molecule has 1 fully saturated rings. The van der Waals surface area contributed by atoms with Crippen LogP contribution in [0.4, 0.5) is 22.0 Å². The average Bonchev–Trinajstić information content (AvgIpc) is 3.19. The summed E-state index contributed by atoms with van der Waals surface area (Å²) in [6, 6.07) is -1.44. The van der Waals surface area contributed by atoms with Crippen LogP contribution in [-0.2, 0) is 16.6 Å². The van der Waals surface area contributed by atoms with Crippen molar-refractivity contribution in [1.29, 1.82) is 0 Å². The number of halogens is 5. The Morgan fingerprint density at radius 3 is 2.25 bits per heavy atom. The van der Waals surface area contributed by atoms with Crippen LogP contribution < -0.4 is 5.32 Å². The van der Waals surface area contributed by atoms with Crippen molar-refractivity contribution in [3.63, 3.8) is 0 Å². The Balaban J connectivity index is 1.64. The number of carbonyl (C=O) groups excluding carboxylic acids is 2. The van der Waals surface area contributed by atoms with Gasteiger partial charge in [-0.1, -0.05) is 0 Å². The highest BCUT2D eigenvalue weighted by Crippen LogP contribution is 2.43. The third-order valence-electron chi connectivity index (χ3n) is 4.99. The summed E-state index contributed by atoms with van der Waals surface area (Å²) in [5.41, 5.74) is -1.88. The summed E-state index contributed by atoms with van der Waals surface area (Å²) in [6.07, 6.45) is 3.01. The number of carbonyl (C=O) groups is 3. The number of carboxylic acid groups (broad SMARTS) is 1. The molecule has 2 aliphatic heterocycles. The molecule has 0 aliphatic carbocycles. The fourth-order valence-corrected chi connectivity index (χ4v) is 4.80. The van der Waals surface area contributed by atoms with Gasteiger partial charge in [-0.05, 0) is 0 Å². The molecule has 0 bridgehead atoms. The van der Waals surface area contributed by atoms with Gasteiger partial charge >= 0.3 is 5.97 Å². The van der Waals surface area contributed by atoms with Crippen LogP contribution >= 0.6 is 11.8 Å². The second kappa shape index (κ2) is 7.62. The van der Waals surface area contributed by atoms with Crippen molar-refractivity contribution in [2.75, 3.05) is 5.75 Å². The van der Waals surface area contributed by atoms with E-state index in [-0.39, 0.29) is 17.0 Å². The monoisotopic (exact) mass is 474 g/mol. The summed E-state index contributed by atoms with van der Waals surface area (Å²) in [5, 5.41) is 10.6. The minimum Gasteiger partial charge on any atom is -0.477 e. The lowest BCUT2D eigenvalue weighted by Gasteiger charge is -2.49. The third-order valence-corrected chi connectivity index (χ3v) is 6.27. The number of hydrogen-bond donors (Lipinski definition) is 2. The van der Waals surface area contributed by atoms with Crippen LogP contribution in [0, 0.1) is 29.1 Å². The number of aromatic nitrogens is 2. The van der Waals surface area contributed by atoms with Crippen LogP contribution in [0.3, 0.4) is 0 Å². The predicted octanol–water partition coefficient (Wildman–Crippen LogP) is 1.62. The largest absolute Gasteiger partial charge is 0.477 e. The molecule has 14 heteroatoms. The number of fused-ring (bicyclic) bond motifs is 1. The summed E-state index contributed by atoms with van der Waals surface area (Å²) >= 11 is 1.04. The zero-order valence-corrected chi connectivity index (χ0v) is 16.6. The molecule has 3 heterocycles. The number of amides is 2. The number of aliphatic carboxylic acids is 1. The van der Waals surface area contributed by atoms with Gasteiger partial charge in [0.1, 0.15) is 28.5 Å². The average molecular weight is 474 g/mol. The van der Waals surface area contributed by atoms with E-state index in [2.05, 4.69) is 4.98 Å². The van der Waals surface area contributed by atoms with E-state index < -0.39 is 63.8 Å². The number of nitrogens with zero attached hydrogens (tertiary/aromatic N) is 3. The molecule has 168 valence electrons. The van der Waals surface area contributed by atoms with Crippen LogP contribution in [0.15, 0.2) is 18.1 Å². The highest BCUT2D eigenvalue weighted by Gasteiger charge is 2.55. The minimum atomic E-state index is -2.43. The Labute approximate surface area is 179 Å². The zero-order chi connectivity index (χ0) is 23.5. The minimum absolute atomic E-state index is 0.0653. The second-order valence-corrected chi connectivity index (χ2v) is 7.90. The van der Waals surface area contributed by atoms with Gasteiger partial charge in [0, 0.05) is 30.8 Å². The second-order valence-electron chi connectivity index (χ2n) is 6.80. The topological polar surface area (TPSA) is 105 Å². The van der Waals surface area contributed by atoms with Gasteiger partial charge in [-0.15, -0.1) is 11.8 Å². The molecule has 1 aromatic carbocycles. The van der Waals surface area contributed by atoms with E-state index >= 15 is 0 Å². The summed E-state index contributed by atoms with van der Waals surface area (Å²) in [4.78, 5) is 41.7. The quantitative estimate of drug-likeness (QED) is 0.302. The van der Waals surface area contributed by atoms with Gasteiger partial charge in [-0.3, -0.25) is 14.5 Å². The Hall–Kier alpha value is -3.42. The SMILES string of the molecule is Cn1ccnc1C1=C(C(=O)O)N2C(=O)[C@@H](NC(=O)c3c(F)c(F)c(F)c(F)c3F)[C@H]2SC1. The van der Waals surface area contributed by atoms with Crippen molar-refractivity contribution >= 4 is 35.1 Å². The molecule has 2 aliphatic rings. The highest BCUT2D eigenvalue weighted by molar-refractivity contribution is 8.00. The van der Waals surface area contributed by atoms with Crippen LogP contribution in [0.1, 0.15) is 16.2 Å². The summed E-state index contributed by atoms with van der Waals surface area (Å²) < 4.78 is 69.3. The van der Waals surface area contributed by atoms with Gasteiger partial charge in [-0.2, -0.15) is 0 Å². The Morgan fingerprint density at radius 1 is 1.12 bits per heavy atom. The van der Waals surface area contributed by atoms with Gasteiger partial charge in [0.15, 0.2) is 23.3 Å². The third kappa shape index (κ3) is 3.04. The maximum Gasteiger partial charge on any atom is 0.353 e. The number of aryl methyl sites for hydroxylation is 1. The van der Waals surface area contributed by atoms with Gasteiger partial charge < -0.3 is 15.0 Å². The van der Waals surface area contributed by atoms with Crippen molar-refractivity contribution in [3.8, 4) is 0 Å². The van der Waals surface area contributed by atoms with Crippen molar-refractivity contribution in [2.45, 2.75) is 11.4 Å². The lowest BCUT2D eigenvalue weighted by molar-refractivity contribution is -0.148. The molecule has 0 unspecified atom stereocenters. The lowest BCUT2D eigenvalue weighted by Crippen LogP contribution is -2.70. The molecule has 1 saturated heterocycles. The molecule has 2 amide bonds. The number of carboxylic acids is 1. The van der Waals surface area contributed by atoms with Crippen LogP contribution in [0.25, 0.3) is 5.57 Å². The molecule has 4 rings (SSSR count).